The Hall–Kier alpha value is -1.50. The molecule has 86 valence electrons. The number of rotatable bonds is 1. The lowest BCUT2D eigenvalue weighted by atomic mass is 10.1. The summed E-state index contributed by atoms with van der Waals surface area (Å²) in [7, 11) is 0. The SMILES string of the molecule is Cc1sc(N)nc1-c1ccc(C#CCCl)cc1. The molecule has 1 aromatic heterocycles. The van der Waals surface area contributed by atoms with Gasteiger partial charge in [0.1, 0.15) is 0 Å². The predicted octanol–water partition coefficient (Wildman–Crippen LogP) is 3.29. The number of thiazole rings is 1. The van der Waals surface area contributed by atoms with Gasteiger partial charge in [0.25, 0.3) is 0 Å². The van der Waals surface area contributed by atoms with Crippen molar-refractivity contribution in [1.29, 1.82) is 0 Å². The van der Waals surface area contributed by atoms with Crippen molar-refractivity contribution in [2.75, 3.05) is 11.6 Å². The van der Waals surface area contributed by atoms with Gasteiger partial charge in [0.2, 0.25) is 0 Å². The van der Waals surface area contributed by atoms with Gasteiger partial charge in [-0.2, -0.15) is 0 Å². The summed E-state index contributed by atoms with van der Waals surface area (Å²) >= 11 is 7.01. The second-order valence-corrected chi connectivity index (χ2v) is 4.97. The van der Waals surface area contributed by atoms with Gasteiger partial charge < -0.3 is 5.73 Å². The number of benzene rings is 1. The number of aryl methyl sites for hydroxylation is 1. The number of aromatic nitrogens is 1. The van der Waals surface area contributed by atoms with E-state index in [1.807, 2.05) is 31.2 Å². The van der Waals surface area contributed by atoms with Gasteiger partial charge in [-0.3, -0.25) is 0 Å². The molecule has 1 aromatic carbocycles. The molecule has 4 heteroatoms. The van der Waals surface area contributed by atoms with Crippen LogP contribution in [-0.2, 0) is 0 Å². The molecule has 0 aliphatic rings. The zero-order chi connectivity index (χ0) is 12.3. The Balaban J connectivity index is 2.32. The Morgan fingerprint density at radius 2 is 2.06 bits per heavy atom. The van der Waals surface area contributed by atoms with Gasteiger partial charge in [-0.1, -0.05) is 24.0 Å². The van der Waals surface area contributed by atoms with Crippen LogP contribution in [0, 0.1) is 18.8 Å². The zero-order valence-electron chi connectivity index (χ0n) is 9.33. The first-order chi connectivity index (χ1) is 8.20. The smallest absolute Gasteiger partial charge is 0.180 e. The number of hydrogen-bond acceptors (Lipinski definition) is 3. The fourth-order valence-corrected chi connectivity index (χ4v) is 2.31. The van der Waals surface area contributed by atoms with Gasteiger partial charge in [-0.25, -0.2) is 4.98 Å². The molecule has 0 radical (unpaired) electrons. The van der Waals surface area contributed by atoms with Crippen LogP contribution in [-0.4, -0.2) is 10.9 Å². The van der Waals surface area contributed by atoms with Crippen LogP contribution >= 0.6 is 22.9 Å². The second-order valence-electron chi connectivity index (χ2n) is 3.47. The van der Waals surface area contributed by atoms with E-state index in [1.54, 1.807) is 0 Å². The second kappa shape index (κ2) is 5.22. The molecule has 0 saturated heterocycles. The van der Waals surface area contributed by atoms with E-state index >= 15 is 0 Å². The molecule has 0 atom stereocenters. The maximum absolute atomic E-state index is 5.68. The van der Waals surface area contributed by atoms with Crippen LogP contribution in [0.5, 0.6) is 0 Å². The van der Waals surface area contributed by atoms with Gasteiger partial charge in [-0.15, -0.1) is 22.9 Å². The molecule has 0 aliphatic heterocycles. The normalized spacial score (nSPS) is 9.76. The maximum Gasteiger partial charge on any atom is 0.180 e. The topological polar surface area (TPSA) is 38.9 Å². The Kier molecular flexibility index (Phi) is 3.68. The van der Waals surface area contributed by atoms with Gasteiger partial charge in [0.15, 0.2) is 5.13 Å². The van der Waals surface area contributed by atoms with E-state index in [1.165, 1.54) is 11.3 Å². The zero-order valence-corrected chi connectivity index (χ0v) is 10.9. The predicted molar refractivity (Wildman–Crippen MR) is 74.3 cm³/mol. The van der Waals surface area contributed by atoms with Gasteiger partial charge >= 0.3 is 0 Å². The van der Waals surface area contributed by atoms with Crippen LogP contribution in [0.15, 0.2) is 24.3 Å². The molecule has 0 aliphatic carbocycles. The molecule has 0 fully saturated rings. The highest BCUT2D eigenvalue weighted by molar-refractivity contribution is 7.15. The summed E-state index contributed by atoms with van der Waals surface area (Å²) in [6.07, 6.45) is 0. The molecule has 0 unspecified atom stereocenters. The number of alkyl halides is 1. The summed E-state index contributed by atoms with van der Waals surface area (Å²) in [6, 6.07) is 7.92. The minimum atomic E-state index is 0.351. The standard InChI is InChI=1S/C13H11ClN2S/c1-9-12(16-13(15)17-9)11-6-4-10(5-7-11)3-2-8-14/h4-7H,8H2,1H3,(H2,15,16). The number of nitrogens with zero attached hydrogens (tertiary/aromatic N) is 1. The van der Waals surface area contributed by atoms with Crippen LogP contribution in [0.2, 0.25) is 0 Å². The first kappa shape index (κ1) is 12.0. The Labute approximate surface area is 109 Å². The molecular weight excluding hydrogens is 252 g/mol. The largest absolute Gasteiger partial charge is 0.375 e. The van der Waals surface area contributed by atoms with Crippen molar-refractivity contribution < 1.29 is 0 Å². The molecular formula is C13H11ClN2S. The highest BCUT2D eigenvalue weighted by Crippen LogP contribution is 2.28. The van der Waals surface area contributed by atoms with E-state index in [0.717, 1.165) is 21.7 Å². The number of hydrogen-bond donors (Lipinski definition) is 1. The molecule has 2 nitrogen and oxygen atoms in total. The average Bonchev–Trinajstić information content (AvgIpc) is 2.66. The number of halogens is 1. The Morgan fingerprint density at radius 3 is 2.59 bits per heavy atom. The van der Waals surface area contributed by atoms with E-state index in [2.05, 4.69) is 16.8 Å². The van der Waals surface area contributed by atoms with Crippen LogP contribution in [0.1, 0.15) is 10.4 Å². The minimum Gasteiger partial charge on any atom is -0.375 e. The summed E-state index contributed by atoms with van der Waals surface area (Å²) in [5.74, 6) is 6.14. The van der Waals surface area contributed by atoms with E-state index in [-0.39, 0.29) is 0 Å². The van der Waals surface area contributed by atoms with Crippen LogP contribution in [0.4, 0.5) is 5.13 Å². The van der Waals surface area contributed by atoms with E-state index in [4.69, 9.17) is 17.3 Å². The van der Waals surface area contributed by atoms with Crippen molar-refractivity contribution in [3.63, 3.8) is 0 Å². The van der Waals surface area contributed by atoms with Crippen LogP contribution in [0.3, 0.4) is 0 Å². The van der Waals surface area contributed by atoms with Crippen LogP contribution < -0.4 is 5.73 Å². The Bertz CT molecular complexity index is 576. The van der Waals surface area contributed by atoms with Gasteiger partial charge in [-0.05, 0) is 19.1 Å². The summed E-state index contributed by atoms with van der Waals surface area (Å²) in [4.78, 5) is 5.44. The van der Waals surface area contributed by atoms with Gasteiger partial charge in [0, 0.05) is 16.0 Å². The van der Waals surface area contributed by atoms with Crippen molar-refractivity contribution in [3.05, 3.63) is 34.7 Å². The molecule has 0 amide bonds. The molecule has 1 heterocycles. The highest BCUT2D eigenvalue weighted by Gasteiger charge is 2.07. The number of anilines is 1. The lowest BCUT2D eigenvalue weighted by Crippen LogP contribution is -1.84. The van der Waals surface area contributed by atoms with E-state index in [9.17, 15) is 0 Å². The Morgan fingerprint density at radius 1 is 1.35 bits per heavy atom. The number of nitrogen functional groups attached to an aromatic ring is 1. The highest BCUT2D eigenvalue weighted by atomic mass is 35.5. The maximum atomic E-state index is 5.68. The van der Waals surface area contributed by atoms with Gasteiger partial charge in [0.05, 0.1) is 11.6 Å². The third-order valence-corrected chi connectivity index (χ3v) is 3.20. The minimum absolute atomic E-state index is 0.351. The van der Waals surface area contributed by atoms with E-state index < -0.39 is 0 Å². The summed E-state index contributed by atoms with van der Waals surface area (Å²) < 4.78 is 0. The first-order valence-corrected chi connectivity index (χ1v) is 6.44. The summed E-state index contributed by atoms with van der Waals surface area (Å²) in [5, 5.41) is 0.600. The monoisotopic (exact) mass is 262 g/mol. The summed E-state index contributed by atoms with van der Waals surface area (Å²) in [6.45, 7) is 2.02. The van der Waals surface area contributed by atoms with Crippen molar-refractivity contribution in [2.24, 2.45) is 0 Å². The third-order valence-electron chi connectivity index (χ3n) is 2.27. The fourth-order valence-electron chi connectivity index (χ4n) is 1.53. The van der Waals surface area contributed by atoms with Crippen molar-refractivity contribution in [1.82, 2.24) is 4.98 Å². The fraction of sp³-hybridized carbons (Fsp3) is 0.154. The first-order valence-electron chi connectivity index (χ1n) is 5.09. The lowest BCUT2D eigenvalue weighted by molar-refractivity contribution is 1.38. The summed E-state index contributed by atoms with van der Waals surface area (Å²) in [5.41, 5.74) is 8.65. The molecule has 2 N–H and O–H groups in total. The van der Waals surface area contributed by atoms with Crippen molar-refractivity contribution in [2.45, 2.75) is 6.92 Å². The van der Waals surface area contributed by atoms with Crippen molar-refractivity contribution in [3.8, 4) is 23.1 Å². The number of nitrogens with two attached hydrogens (primary N) is 1. The quantitative estimate of drug-likeness (QED) is 0.633. The molecule has 0 bridgehead atoms. The van der Waals surface area contributed by atoms with Crippen molar-refractivity contribution >= 4 is 28.1 Å². The molecule has 2 aromatic rings. The third kappa shape index (κ3) is 2.79. The average molecular weight is 263 g/mol. The molecule has 17 heavy (non-hydrogen) atoms. The lowest BCUT2D eigenvalue weighted by Gasteiger charge is -1.98. The molecule has 0 saturated carbocycles. The molecule has 2 rings (SSSR count). The van der Waals surface area contributed by atoms with Crippen LogP contribution in [0.25, 0.3) is 11.3 Å². The van der Waals surface area contributed by atoms with E-state index in [0.29, 0.717) is 11.0 Å². The molecule has 0 spiro atoms.